The number of alkyl halides is 3. The SMILES string of the molecule is CC(N)C(N(C)CCc1ccccc1)C(F)(F)F. The molecule has 2 nitrogen and oxygen atoms in total. The summed E-state index contributed by atoms with van der Waals surface area (Å²) in [6, 6.07) is 6.91. The largest absolute Gasteiger partial charge is 0.405 e. The Morgan fingerprint density at radius 1 is 1.22 bits per heavy atom. The third-order valence-electron chi connectivity index (χ3n) is 2.90. The Kier molecular flexibility index (Phi) is 5.16. The highest BCUT2D eigenvalue weighted by molar-refractivity contribution is 5.14. The molecule has 0 radical (unpaired) electrons. The van der Waals surface area contributed by atoms with Crippen LogP contribution in [0.4, 0.5) is 13.2 Å². The van der Waals surface area contributed by atoms with E-state index in [0.29, 0.717) is 13.0 Å². The molecule has 1 aromatic rings. The third-order valence-corrected chi connectivity index (χ3v) is 2.90. The number of hydrogen-bond acceptors (Lipinski definition) is 2. The lowest BCUT2D eigenvalue weighted by Gasteiger charge is -2.32. The first-order valence-electron chi connectivity index (χ1n) is 5.89. The fraction of sp³-hybridized carbons (Fsp3) is 0.538. The zero-order valence-corrected chi connectivity index (χ0v) is 10.6. The molecular weight excluding hydrogens is 241 g/mol. The number of benzene rings is 1. The quantitative estimate of drug-likeness (QED) is 0.881. The molecule has 0 spiro atoms. The van der Waals surface area contributed by atoms with Crippen LogP contribution in [-0.2, 0) is 6.42 Å². The molecule has 0 saturated heterocycles. The van der Waals surface area contributed by atoms with Gasteiger partial charge in [0.05, 0.1) is 0 Å². The van der Waals surface area contributed by atoms with Crippen LogP contribution < -0.4 is 5.73 Å². The topological polar surface area (TPSA) is 29.3 Å². The highest BCUT2D eigenvalue weighted by Gasteiger charge is 2.44. The van der Waals surface area contributed by atoms with Crippen LogP contribution in [0.15, 0.2) is 30.3 Å². The third kappa shape index (κ3) is 4.31. The predicted molar refractivity (Wildman–Crippen MR) is 66.3 cm³/mol. The molecule has 2 atom stereocenters. The molecule has 0 aromatic heterocycles. The molecule has 2 unspecified atom stereocenters. The maximum Gasteiger partial charge on any atom is 0.405 e. The highest BCUT2D eigenvalue weighted by Crippen LogP contribution is 2.26. The van der Waals surface area contributed by atoms with Gasteiger partial charge in [0, 0.05) is 12.6 Å². The van der Waals surface area contributed by atoms with Crippen molar-refractivity contribution in [3.8, 4) is 0 Å². The van der Waals surface area contributed by atoms with Crippen LogP contribution in [0.2, 0.25) is 0 Å². The van der Waals surface area contributed by atoms with Gasteiger partial charge in [-0.25, -0.2) is 0 Å². The fourth-order valence-corrected chi connectivity index (χ4v) is 2.04. The summed E-state index contributed by atoms with van der Waals surface area (Å²) in [5.41, 5.74) is 6.45. The van der Waals surface area contributed by atoms with E-state index in [-0.39, 0.29) is 0 Å². The second-order valence-corrected chi connectivity index (χ2v) is 4.56. The lowest BCUT2D eigenvalue weighted by molar-refractivity contribution is -0.184. The fourth-order valence-electron chi connectivity index (χ4n) is 2.04. The van der Waals surface area contributed by atoms with Gasteiger partial charge in [-0.3, -0.25) is 4.90 Å². The van der Waals surface area contributed by atoms with Gasteiger partial charge in [0.25, 0.3) is 0 Å². The first-order valence-corrected chi connectivity index (χ1v) is 5.89. The normalized spacial score (nSPS) is 15.7. The van der Waals surface area contributed by atoms with Gasteiger partial charge in [0.2, 0.25) is 0 Å². The van der Waals surface area contributed by atoms with Crippen molar-refractivity contribution in [1.82, 2.24) is 4.90 Å². The van der Waals surface area contributed by atoms with Gasteiger partial charge in [-0.2, -0.15) is 13.2 Å². The smallest absolute Gasteiger partial charge is 0.326 e. The van der Waals surface area contributed by atoms with E-state index in [1.807, 2.05) is 30.3 Å². The molecule has 0 heterocycles. The molecular formula is C13H19F3N2. The van der Waals surface area contributed by atoms with Crippen molar-refractivity contribution in [1.29, 1.82) is 0 Å². The number of nitrogens with zero attached hydrogens (tertiary/aromatic N) is 1. The predicted octanol–water partition coefficient (Wildman–Crippen LogP) is 2.44. The van der Waals surface area contributed by atoms with Crippen molar-refractivity contribution < 1.29 is 13.2 Å². The standard InChI is InChI=1S/C13H19F3N2/c1-10(17)12(13(14,15)16)18(2)9-8-11-6-4-3-5-7-11/h3-7,10,12H,8-9,17H2,1-2H3. The van der Waals surface area contributed by atoms with Gasteiger partial charge < -0.3 is 5.73 Å². The van der Waals surface area contributed by atoms with Crippen molar-refractivity contribution in [2.75, 3.05) is 13.6 Å². The number of nitrogens with two attached hydrogens (primary N) is 1. The molecule has 0 fully saturated rings. The van der Waals surface area contributed by atoms with Crippen LogP contribution in [0.1, 0.15) is 12.5 Å². The van der Waals surface area contributed by atoms with Crippen LogP contribution in [0.3, 0.4) is 0 Å². The van der Waals surface area contributed by atoms with Crippen LogP contribution in [0, 0.1) is 0 Å². The van der Waals surface area contributed by atoms with Gasteiger partial charge in [-0.15, -0.1) is 0 Å². The van der Waals surface area contributed by atoms with E-state index in [0.717, 1.165) is 5.56 Å². The van der Waals surface area contributed by atoms with E-state index in [1.54, 1.807) is 0 Å². The van der Waals surface area contributed by atoms with E-state index >= 15 is 0 Å². The van der Waals surface area contributed by atoms with Crippen LogP contribution in [0.5, 0.6) is 0 Å². The molecule has 0 aliphatic rings. The minimum Gasteiger partial charge on any atom is -0.326 e. The Labute approximate surface area is 106 Å². The van der Waals surface area contributed by atoms with Crippen molar-refractivity contribution in [3.05, 3.63) is 35.9 Å². The number of halogens is 3. The Morgan fingerprint density at radius 3 is 2.22 bits per heavy atom. The summed E-state index contributed by atoms with van der Waals surface area (Å²) in [7, 11) is 1.46. The Morgan fingerprint density at radius 2 is 1.78 bits per heavy atom. The van der Waals surface area contributed by atoms with Crippen molar-refractivity contribution in [3.63, 3.8) is 0 Å². The van der Waals surface area contributed by atoms with Gasteiger partial charge in [0.1, 0.15) is 6.04 Å². The Balaban J connectivity index is 2.60. The first-order chi connectivity index (χ1) is 8.32. The van der Waals surface area contributed by atoms with E-state index in [2.05, 4.69) is 0 Å². The minimum absolute atomic E-state index is 0.329. The Hall–Kier alpha value is -1.07. The average molecular weight is 260 g/mol. The van der Waals surface area contributed by atoms with Gasteiger partial charge >= 0.3 is 6.18 Å². The summed E-state index contributed by atoms with van der Waals surface area (Å²) >= 11 is 0. The van der Waals surface area contributed by atoms with E-state index in [4.69, 9.17) is 5.73 Å². The number of hydrogen-bond donors (Lipinski definition) is 1. The first kappa shape index (κ1) is 15.0. The maximum absolute atomic E-state index is 12.8. The van der Waals surface area contributed by atoms with Gasteiger partial charge in [0.15, 0.2) is 0 Å². The minimum atomic E-state index is -4.29. The second-order valence-electron chi connectivity index (χ2n) is 4.56. The van der Waals surface area contributed by atoms with Gasteiger partial charge in [-0.1, -0.05) is 30.3 Å². The molecule has 5 heteroatoms. The maximum atomic E-state index is 12.8. The summed E-state index contributed by atoms with van der Waals surface area (Å²) < 4.78 is 38.5. The molecule has 0 aliphatic carbocycles. The van der Waals surface area contributed by atoms with Crippen molar-refractivity contribution in [2.24, 2.45) is 5.73 Å². The molecule has 0 aliphatic heterocycles. The molecule has 2 N–H and O–H groups in total. The second kappa shape index (κ2) is 6.20. The van der Waals surface area contributed by atoms with E-state index in [9.17, 15) is 13.2 Å². The molecule has 1 aromatic carbocycles. The lowest BCUT2D eigenvalue weighted by Crippen LogP contribution is -2.54. The molecule has 0 amide bonds. The summed E-state index contributed by atoms with van der Waals surface area (Å²) in [4.78, 5) is 1.28. The zero-order valence-electron chi connectivity index (χ0n) is 10.6. The summed E-state index contributed by atoms with van der Waals surface area (Å²) in [6.45, 7) is 1.72. The van der Waals surface area contributed by atoms with Crippen LogP contribution in [0.25, 0.3) is 0 Å². The van der Waals surface area contributed by atoms with E-state index in [1.165, 1.54) is 18.9 Å². The lowest BCUT2D eigenvalue weighted by atomic mass is 10.1. The van der Waals surface area contributed by atoms with Gasteiger partial charge in [-0.05, 0) is 26.0 Å². The number of likely N-dealkylation sites (N-methyl/N-ethyl adjacent to an activating group) is 1. The van der Waals surface area contributed by atoms with E-state index < -0.39 is 18.3 Å². The molecule has 0 bridgehead atoms. The molecule has 18 heavy (non-hydrogen) atoms. The van der Waals surface area contributed by atoms with Crippen LogP contribution >= 0.6 is 0 Å². The molecule has 102 valence electrons. The molecule has 1 rings (SSSR count). The van der Waals surface area contributed by atoms with Crippen molar-refractivity contribution >= 4 is 0 Å². The van der Waals surface area contributed by atoms with Crippen LogP contribution in [-0.4, -0.2) is 36.8 Å². The highest BCUT2D eigenvalue weighted by atomic mass is 19.4. The van der Waals surface area contributed by atoms with Crippen molar-refractivity contribution in [2.45, 2.75) is 31.6 Å². The average Bonchev–Trinajstić information content (AvgIpc) is 2.25. The summed E-state index contributed by atoms with van der Waals surface area (Å²) in [5, 5.41) is 0. The monoisotopic (exact) mass is 260 g/mol. The summed E-state index contributed by atoms with van der Waals surface area (Å²) in [5.74, 6) is 0. The summed E-state index contributed by atoms with van der Waals surface area (Å²) in [6.07, 6.45) is -3.71. The Bertz CT molecular complexity index is 349. The zero-order chi connectivity index (χ0) is 13.8. The number of rotatable bonds is 5. The molecule has 0 saturated carbocycles.